The van der Waals surface area contributed by atoms with Gasteiger partial charge in [-0.1, -0.05) is 0 Å². The smallest absolute Gasteiger partial charge is 0.325 e. The molecular weight excluding hydrogens is 426 g/mol. The molecule has 3 amide bonds. The Hall–Kier alpha value is -2.64. The molecule has 0 aliphatic carbocycles. The SMILES string of the molecule is CC(NC(=O)C(CCCCN)NC(=O)C(Cc1cnc[nH]1)NC(=O)C(N)CS)C(=O)O. The van der Waals surface area contributed by atoms with Gasteiger partial charge in [0, 0.05) is 24.1 Å². The number of carbonyl (C=O) groups is 4. The third-order valence-corrected chi connectivity index (χ3v) is 4.85. The number of hydrogen-bond donors (Lipinski definition) is 8. The zero-order chi connectivity index (χ0) is 23.4. The molecular formula is C18H31N7O5S. The lowest BCUT2D eigenvalue weighted by Gasteiger charge is -2.24. The summed E-state index contributed by atoms with van der Waals surface area (Å²) in [5.74, 6) is -2.95. The predicted octanol–water partition coefficient (Wildman–Crippen LogP) is -2.10. The van der Waals surface area contributed by atoms with Gasteiger partial charge in [-0.05, 0) is 32.7 Å². The van der Waals surface area contributed by atoms with Gasteiger partial charge < -0.3 is 37.5 Å². The zero-order valence-corrected chi connectivity index (χ0v) is 18.2. The van der Waals surface area contributed by atoms with Crippen molar-refractivity contribution in [1.29, 1.82) is 0 Å². The van der Waals surface area contributed by atoms with Crippen LogP contribution in [0.4, 0.5) is 0 Å². The van der Waals surface area contributed by atoms with Crippen LogP contribution in [0.2, 0.25) is 0 Å². The molecule has 0 bridgehead atoms. The number of aromatic amines is 1. The van der Waals surface area contributed by atoms with Gasteiger partial charge >= 0.3 is 5.97 Å². The van der Waals surface area contributed by atoms with Crippen molar-refractivity contribution in [2.24, 2.45) is 11.5 Å². The normalized spacial score (nSPS) is 14.7. The van der Waals surface area contributed by atoms with E-state index in [0.717, 1.165) is 0 Å². The molecule has 0 saturated carbocycles. The molecule has 9 N–H and O–H groups in total. The molecule has 12 nitrogen and oxygen atoms in total. The summed E-state index contributed by atoms with van der Waals surface area (Å²) >= 11 is 3.98. The van der Waals surface area contributed by atoms with E-state index in [4.69, 9.17) is 16.6 Å². The van der Waals surface area contributed by atoms with Crippen LogP contribution in [0.3, 0.4) is 0 Å². The first-order valence-electron chi connectivity index (χ1n) is 9.87. The number of thiol groups is 1. The van der Waals surface area contributed by atoms with E-state index in [1.54, 1.807) is 0 Å². The van der Waals surface area contributed by atoms with E-state index in [1.165, 1.54) is 19.4 Å². The number of nitrogens with one attached hydrogen (secondary N) is 4. The summed E-state index contributed by atoms with van der Waals surface area (Å²) in [7, 11) is 0. The summed E-state index contributed by atoms with van der Waals surface area (Å²) in [6.07, 6.45) is 4.44. The first-order chi connectivity index (χ1) is 14.7. The molecule has 31 heavy (non-hydrogen) atoms. The monoisotopic (exact) mass is 457 g/mol. The van der Waals surface area contributed by atoms with Crippen LogP contribution in [0, 0.1) is 0 Å². The highest BCUT2D eigenvalue weighted by molar-refractivity contribution is 7.80. The Kier molecular flexibility index (Phi) is 11.6. The largest absolute Gasteiger partial charge is 0.480 e. The van der Waals surface area contributed by atoms with Gasteiger partial charge in [-0.25, -0.2) is 4.98 Å². The number of nitrogens with two attached hydrogens (primary N) is 2. The van der Waals surface area contributed by atoms with E-state index < -0.39 is 47.9 Å². The lowest BCUT2D eigenvalue weighted by molar-refractivity contribution is -0.141. The average Bonchev–Trinajstić information content (AvgIpc) is 3.24. The van der Waals surface area contributed by atoms with Gasteiger partial charge in [0.25, 0.3) is 0 Å². The second kappa shape index (κ2) is 13.6. The van der Waals surface area contributed by atoms with Crippen LogP contribution in [0.1, 0.15) is 31.9 Å². The van der Waals surface area contributed by atoms with E-state index in [-0.39, 0.29) is 18.6 Å². The molecule has 1 aromatic rings. The molecule has 0 fully saturated rings. The van der Waals surface area contributed by atoms with E-state index in [2.05, 4.69) is 38.5 Å². The van der Waals surface area contributed by atoms with E-state index in [0.29, 0.717) is 25.1 Å². The summed E-state index contributed by atoms with van der Waals surface area (Å²) in [6.45, 7) is 1.73. The second-order valence-corrected chi connectivity index (χ2v) is 7.41. The van der Waals surface area contributed by atoms with Gasteiger partial charge in [0.2, 0.25) is 17.7 Å². The lowest BCUT2D eigenvalue weighted by atomic mass is 10.1. The molecule has 0 aliphatic heterocycles. The molecule has 174 valence electrons. The topological polar surface area (TPSA) is 205 Å². The van der Waals surface area contributed by atoms with Gasteiger partial charge in [-0.3, -0.25) is 19.2 Å². The average molecular weight is 458 g/mol. The molecule has 1 rings (SSSR count). The van der Waals surface area contributed by atoms with Crippen LogP contribution in [0.25, 0.3) is 0 Å². The fourth-order valence-electron chi connectivity index (χ4n) is 2.60. The van der Waals surface area contributed by atoms with Crippen molar-refractivity contribution in [3.05, 3.63) is 18.2 Å². The van der Waals surface area contributed by atoms with Gasteiger partial charge in [0.1, 0.15) is 18.1 Å². The van der Waals surface area contributed by atoms with E-state index in [9.17, 15) is 19.2 Å². The van der Waals surface area contributed by atoms with Crippen molar-refractivity contribution in [2.75, 3.05) is 12.3 Å². The Morgan fingerprint density at radius 2 is 1.77 bits per heavy atom. The Labute approximate surface area is 185 Å². The van der Waals surface area contributed by atoms with Crippen molar-refractivity contribution < 1.29 is 24.3 Å². The maximum absolute atomic E-state index is 12.9. The summed E-state index contributed by atoms with van der Waals surface area (Å²) in [5, 5.41) is 16.5. The number of carboxylic acid groups (broad SMARTS) is 1. The van der Waals surface area contributed by atoms with Crippen LogP contribution in [0.15, 0.2) is 12.5 Å². The fourth-order valence-corrected chi connectivity index (χ4v) is 2.76. The number of imidazole rings is 1. The molecule has 0 aromatic carbocycles. The van der Waals surface area contributed by atoms with Gasteiger partial charge in [-0.2, -0.15) is 12.6 Å². The van der Waals surface area contributed by atoms with Crippen LogP contribution >= 0.6 is 12.6 Å². The summed E-state index contributed by atoms with van der Waals surface area (Å²) < 4.78 is 0. The number of aromatic nitrogens is 2. The molecule has 0 spiro atoms. The van der Waals surface area contributed by atoms with Gasteiger partial charge in [-0.15, -0.1) is 0 Å². The molecule has 0 radical (unpaired) electrons. The van der Waals surface area contributed by atoms with Gasteiger partial charge in [0.05, 0.1) is 12.4 Å². The minimum absolute atomic E-state index is 0.0829. The first kappa shape index (κ1) is 26.4. The molecule has 13 heteroatoms. The summed E-state index contributed by atoms with van der Waals surface area (Å²) in [4.78, 5) is 55.5. The number of aliphatic carboxylic acids is 1. The fraction of sp³-hybridized carbons (Fsp3) is 0.611. The number of H-pyrrole nitrogens is 1. The zero-order valence-electron chi connectivity index (χ0n) is 17.3. The molecule has 1 aromatic heterocycles. The minimum atomic E-state index is -1.20. The van der Waals surface area contributed by atoms with Crippen molar-refractivity contribution in [3.8, 4) is 0 Å². The summed E-state index contributed by atoms with van der Waals surface area (Å²) in [6, 6.07) is -4.09. The number of unbranched alkanes of at least 4 members (excludes halogenated alkanes) is 1. The van der Waals surface area contributed by atoms with Crippen LogP contribution in [-0.4, -0.2) is 75.2 Å². The maximum atomic E-state index is 12.9. The van der Waals surface area contributed by atoms with Gasteiger partial charge in [0.15, 0.2) is 0 Å². The minimum Gasteiger partial charge on any atom is -0.480 e. The molecule has 4 unspecified atom stereocenters. The Bertz CT molecular complexity index is 731. The molecule has 4 atom stereocenters. The number of amides is 3. The van der Waals surface area contributed by atoms with E-state index >= 15 is 0 Å². The molecule has 0 saturated heterocycles. The number of hydrogen-bond acceptors (Lipinski definition) is 8. The summed E-state index contributed by atoms with van der Waals surface area (Å²) in [5.41, 5.74) is 11.8. The van der Waals surface area contributed by atoms with Crippen molar-refractivity contribution in [2.45, 2.75) is 56.8 Å². The Morgan fingerprint density at radius 1 is 1.13 bits per heavy atom. The second-order valence-electron chi connectivity index (χ2n) is 7.05. The number of rotatable bonds is 14. The third kappa shape index (κ3) is 9.36. The highest BCUT2D eigenvalue weighted by Gasteiger charge is 2.29. The Balaban J connectivity index is 2.95. The van der Waals surface area contributed by atoms with E-state index in [1.807, 2.05) is 0 Å². The maximum Gasteiger partial charge on any atom is 0.325 e. The number of nitrogens with zero attached hydrogens (tertiary/aromatic N) is 1. The molecule has 1 heterocycles. The standard InChI is InChI=1S/C18H31N7O5S/c1-10(18(29)30)23-16(27)13(4-2-3-5-19)24-17(28)14(6-11-7-21-9-22-11)25-15(26)12(20)8-31/h7,9-10,12-14,31H,2-6,8,19-20H2,1H3,(H,21,22)(H,23,27)(H,24,28)(H,25,26)(H,29,30). The number of carboxylic acids is 1. The van der Waals surface area contributed by atoms with Crippen molar-refractivity contribution in [1.82, 2.24) is 25.9 Å². The van der Waals surface area contributed by atoms with Crippen LogP contribution in [0.5, 0.6) is 0 Å². The lowest BCUT2D eigenvalue weighted by Crippen LogP contribution is -2.57. The molecule has 0 aliphatic rings. The van der Waals surface area contributed by atoms with Crippen LogP contribution in [-0.2, 0) is 25.6 Å². The first-order valence-corrected chi connectivity index (χ1v) is 10.5. The quantitative estimate of drug-likeness (QED) is 0.114. The third-order valence-electron chi connectivity index (χ3n) is 4.45. The highest BCUT2D eigenvalue weighted by atomic mass is 32.1. The highest BCUT2D eigenvalue weighted by Crippen LogP contribution is 2.05. The van der Waals surface area contributed by atoms with Crippen molar-refractivity contribution in [3.63, 3.8) is 0 Å². The van der Waals surface area contributed by atoms with Crippen molar-refractivity contribution >= 4 is 36.3 Å². The predicted molar refractivity (Wildman–Crippen MR) is 116 cm³/mol. The van der Waals surface area contributed by atoms with Crippen LogP contribution < -0.4 is 27.4 Å². The Morgan fingerprint density at radius 3 is 2.32 bits per heavy atom. The number of carbonyl (C=O) groups excluding carboxylic acids is 3.